The Labute approximate surface area is 108 Å². The van der Waals surface area contributed by atoms with E-state index in [4.69, 9.17) is 16.2 Å². The number of nitrogens with two attached hydrogens (primary N) is 2. The topological polar surface area (TPSA) is 107 Å². The number of carbonyl (C=O) groups excluding carboxylic acids is 2. The molecular formula is C12H25N3O3. The molecular weight excluding hydrogens is 234 g/mol. The highest BCUT2D eigenvalue weighted by Gasteiger charge is 2.26. The van der Waals surface area contributed by atoms with Gasteiger partial charge in [0.1, 0.15) is 6.04 Å². The van der Waals surface area contributed by atoms with E-state index in [1.807, 2.05) is 20.8 Å². The average molecular weight is 259 g/mol. The van der Waals surface area contributed by atoms with Crippen molar-refractivity contribution in [2.24, 2.45) is 11.5 Å². The van der Waals surface area contributed by atoms with Crippen molar-refractivity contribution in [2.45, 2.75) is 64.8 Å². The summed E-state index contributed by atoms with van der Waals surface area (Å²) < 4.78 is 5.61. The van der Waals surface area contributed by atoms with E-state index in [0.717, 1.165) is 0 Å². The first kappa shape index (κ1) is 16.9. The molecule has 0 aromatic rings. The van der Waals surface area contributed by atoms with Crippen LogP contribution >= 0.6 is 0 Å². The molecule has 0 fully saturated rings. The Morgan fingerprint density at radius 3 is 2.17 bits per heavy atom. The first-order valence-corrected chi connectivity index (χ1v) is 6.05. The normalized spacial score (nSPS) is 16.8. The second-order valence-corrected chi connectivity index (χ2v) is 5.54. The Balaban J connectivity index is 4.29. The van der Waals surface area contributed by atoms with Crippen molar-refractivity contribution < 1.29 is 14.3 Å². The lowest BCUT2D eigenvalue weighted by atomic mass is 10.1. The molecule has 18 heavy (non-hydrogen) atoms. The minimum absolute atomic E-state index is 0.0902. The summed E-state index contributed by atoms with van der Waals surface area (Å²) in [5.74, 6) is -0.809. The van der Waals surface area contributed by atoms with Crippen LogP contribution in [0.15, 0.2) is 0 Å². The minimum Gasteiger partial charge on any atom is -0.371 e. The zero-order valence-corrected chi connectivity index (χ0v) is 11.8. The summed E-state index contributed by atoms with van der Waals surface area (Å²) in [6.45, 7) is 9.12. The van der Waals surface area contributed by atoms with Crippen LogP contribution in [0.4, 0.5) is 0 Å². The molecule has 0 saturated carbocycles. The van der Waals surface area contributed by atoms with Crippen LogP contribution in [0.3, 0.4) is 0 Å². The van der Waals surface area contributed by atoms with Crippen LogP contribution in [0.1, 0.15) is 41.0 Å². The van der Waals surface area contributed by atoms with E-state index in [2.05, 4.69) is 5.32 Å². The summed E-state index contributed by atoms with van der Waals surface area (Å²) in [5, 5.41) is 2.63. The third kappa shape index (κ3) is 7.24. The molecule has 0 bridgehead atoms. The molecule has 0 saturated heterocycles. The SMILES string of the molecule is CC(CC(N)=O)NC(=O)[C@@H](N)[C@@H](C)OC(C)(C)C. The van der Waals surface area contributed by atoms with Crippen molar-refractivity contribution in [3.8, 4) is 0 Å². The molecule has 3 atom stereocenters. The third-order valence-electron chi connectivity index (χ3n) is 2.24. The monoisotopic (exact) mass is 259 g/mol. The highest BCUT2D eigenvalue weighted by atomic mass is 16.5. The van der Waals surface area contributed by atoms with Gasteiger partial charge >= 0.3 is 0 Å². The fraction of sp³-hybridized carbons (Fsp3) is 0.833. The van der Waals surface area contributed by atoms with Crippen LogP contribution < -0.4 is 16.8 Å². The van der Waals surface area contributed by atoms with E-state index in [1.165, 1.54) is 0 Å². The number of carbonyl (C=O) groups is 2. The lowest BCUT2D eigenvalue weighted by molar-refractivity contribution is -0.130. The van der Waals surface area contributed by atoms with Gasteiger partial charge in [-0.25, -0.2) is 0 Å². The summed E-state index contributed by atoms with van der Waals surface area (Å²) >= 11 is 0. The number of amides is 2. The smallest absolute Gasteiger partial charge is 0.239 e. The molecule has 0 aliphatic rings. The second kappa shape index (κ2) is 6.70. The van der Waals surface area contributed by atoms with E-state index in [1.54, 1.807) is 13.8 Å². The first-order valence-electron chi connectivity index (χ1n) is 6.05. The van der Waals surface area contributed by atoms with Crippen LogP contribution in [0.25, 0.3) is 0 Å². The van der Waals surface area contributed by atoms with Crippen LogP contribution in [-0.2, 0) is 14.3 Å². The Hall–Kier alpha value is -1.14. The zero-order chi connectivity index (χ0) is 14.5. The highest BCUT2D eigenvalue weighted by molar-refractivity contribution is 5.83. The number of hydrogen-bond donors (Lipinski definition) is 3. The van der Waals surface area contributed by atoms with E-state index >= 15 is 0 Å². The molecule has 5 N–H and O–H groups in total. The minimum atomic E-state index is -0.778. The zero-order valence-electron chi connectivity index (χ0n) is 11.8. The molecule has 0 aliphatic heterocycles. The summed E-state index contributed by atoms with van der Waals surface area (Å²) in [5.41, 5.74) is 10.5. The molecule has 0 aromatic carbocycles. The van der Waals surface area contributed by atoms with Gasteiger partial charge in [0.05, 0.1) is 11.7 Å². The van der Waals surface area contributed by atoms with Gasteiger partial charge in [-0.1, -0.05) is 0 Å². The maximum Gasteiger partial charge on any atom is 0.239 e. The summed E-state index contributed by atoms with van der Waals surface area (Å²) in [6, 6.07) is -1.11. The predicted octanol–water partition coefficient (Wildman–Crippen LogP) is -0.103. The molecule has 6 nitrogen and oxygen atoms in total. The molecule has 0 heterocycles. The number of primary amides is 1. The van der Waals surface area contributed by atoms with Crippen LogP contribution in [-0.4, -0.2) is 35.6 Å². The summed E-state index contributed by atoms with van der Waals surface area (Å²) in [4.78, 5) is 22.5. The van der Waals surface area contributed by atoms with Crippen molar-refractivity contribution in [1.29, 1.82) is 0 Å². The molecule has 0 radical (unpaired) electrons. The van der Waals surface area contributed by atoms with Crippen molar-refractivity contribution in [3.63, 3.8) is 0 Å². The van der Waals surface area contributed by atoms with Gasteiger partial charge < -0.3 is 21.5 Å². The van der Waals surface area contributed by atoms with Crippen LogP contribution in [0.2, 0.25) is 0 Å². The lowest BCUT2D eigenvalue weighted by Gasteiger charge is -2.28. The maximum atomic E-state index is 11.8. The van der Waals surface area contributed by atoms with E-state index < -0.39 is 18.1 Å². The van der Waals surface area contributed by atoms with E-state index in [0.29, 0.717) is 0 Å². The van der Waals surface area contributed by atoms with Crippen LogP contribution in [0, 0.1) is 0 Å². The van der Waals surface area contributed by atoms with Crippen molar-refractivity contribution >= 4 is 11.8 Å². The molecule has 1 unspecified atom stereocenters. The molecule has 0 rings (SSSR count). The van der Waals surface area contributed by atoms with E-state index in [-0.39, 0.29) is 24.0 Å². The van der Waals surface area contributed by atoms with Gasteiger partial charge in [0, 0.05) is 12.5 Å². The molecule has 0 aromatic heterocycles. The summed E-state index contributed by atoms with van der Waals surface area (Å²) in [6.07, 6.45) is -0.321. The second-order valence-electron chi connectivity index (χ2n) is 5.54. The number of nitrogens with one attached hydrogen (secondary N) is 1. The van der Waals surface area contributed by atoms with Gasteiger partial charge in [-0.05, 0) is 34.6 Å². The maximum absolute atomic E-state index is 11.8. The number of hydrogen-bond acceptors (Lipinski definition) is 4. The molecule has 106 valence electrons. The third-order valence-corrected chi connectivity index (χ3v) is 2.24. The average Bonchev–Trinajstić information content (AvgIpc) is 2.11. The molecule has 2 amide bonds. The summed E-state index contributed by atoms with van der Waals surface area (Å²) in [7, 11) is 0. The van der Waals surface area contributed by atoms with Crippen LogP contribution in [0.5, 0.6) is 0 Å². The quantitative estimate of drug-likeness (QED) is 0.619. The van der Waals surface area contributed by atoms with Gasteiger partial charge in [-0.15, -0.1) is 0 Å². The first-order chi connectivity index (χ1) is 8.03. The van der Waals surface area contributed by atoms with E-state index in [9.17, 15) is 9.59 Å². The Kier molecular flexibility index (Phi) is 6.28. The fourth-order valence-electron chi connectivity index (χ4n) is 1.54. The van der Waals surface area contributed by atoms with Crippen molar-refractivity contribution in [1.82, 2.24) is 5.32 Å². The fourth-order valence-corrected chi connectivity index (χ4v) is 1.54. The largest absolute Gasteiger partial charge is 0.371 e. The van der Waals surface area contributed by atoms with Gasteiger partial charge in [0.2, 0.25) is 11.8 Å². The van der Waals surface area contributed by atoms with Gasteiger partial charge in [-0.2, -0.15) is 0 Å². The Bertz CT molecular complexity index is 299. The van der Waals surface area contributed by atoms with Crippen molar-refractivity contribution in [3.05, 3.63) is 0 Å². The van der Waals surface area contributed by atoms with Crippen molar-refractivity contribution in [2.75, 3.05) is 0 Å². The molecule has 6 heteroatoms. The van der Waals surface area contributed by atoms with Gasteiger partial charge in [0.25, 0.3) is 0 Å². The number of ether oxygens (including phenoxy) is 1. The molecule has 0 spiro atoms. The Morgan fingerprint density at radius 1 is 1.28 bits per heavy atom. The molecule has 0 aliphatic carbocycles. The lowest BCUT2D eigenvalue weighted by Crippen LogP contribution is -2.52. The van der Waals surface area contributed by atoms with Gasteiger partial charge in [-0.3, -0.25) is 9.59 Å². The standard InChI is InChI=1S/C12H25N3O3/c1-7(6-9(13)16)15-11(17)10(14)8(2)18-12(3,4)5/h7-8,10H,6,14H2,1-5H3,(H2,13,16)(H,15,17)/t7?,8-,10+/m1/s1. The van der Waals surface area contributed by atoms with Gasteiger partial charge in [0.15, 0.2) is 0 Å². The number of rotatable bonds is 6. The highest BCUT2D eigenvalue weighted by Crippen LogP contribution is 2.12. The predicted molar refractivity (Wildman–Crippen MR) is 69.7 cm³/mol. The Morgan fingerprint density at radius 2 is 1.78 bits per heavy atom.